The highest BCUT2D eigenvalue weighted by atomic mass is 32.2. The molecule has 1 aliphatic heterocycles. The monoisotopic (exact) mass is 454 g/mol. The van der Waals surface area contributed by atoms with Crippen molar-refractivity contribution in [1.29, 1.82) is 0 Å². The van der Waals surface area contributed by atoms with E-state index in [9.17, 15) is 9.59 Å². The first-order valence-corrected chi connectivity index (χ1v) is 11.5. The van der Waals surface area contributed by atoms with Crippen LogP contribution in [0, 0.1) is 0 Å². The van der Waals surface area contributed by atoms with Crippen LogP contribution in [0.2, 0.25) is 0 Å². The van der Waals surface area contributed by atoms with Crippen LogP contribution in [0.4, 0.5) is 5.69 Å². The van der Waals surface area contributed by atoms with Crippen LogP contribution < -0.4 is 15.7 Å². The van der Waals surface area contributed by atoms with Crippen LogP contribution in [0.25, 0.3) is 0 Å². The number of carbonyl (C=O) groups is 1. The van der Waals surface area contributed by atoms with Crippen molar-refractivity contribution in [2.24, 2.45) is 0 Å². The van der Waals surface area contributed by atoms with Gasteiger partial charge in [0.25, 0.3) is 0 Å². The van der Waals surface area contributed by atoms with Crippen molar-refractivity contribution in [1.82, 2.24) is 14.8 Å². The Hall–Kier alpha value is -3.04. The average Bonchev–Trinajstić information content (AvgIpc) is 3.45. The van der Waals surface area contributed by atoms with Gasteiger partial charge in [-0.15, -0.1) is 5.10 Å². The SMILES string of the molecule is CCOc1ccccc1NC(=O)C(Sc1n[nH]c(=O)n1CC1CCCO1)c1ccccc1. The van der Waals surface area contributed by atoms with Crippen LogP contribution in [0.5, 0.6) is 5.75 Å². The van der Waals surface area contributed by atoms with E-state index < -0.39 is 5.25 Å². The van der Waals surface area contributed by atoms with Crippen LogP contribution in [-0.2, 0) is 16.1 Å². The summed E-state index contributed by atoms with van der Waals surface area (Å²) in [6.45, 7) is 3.50. The maximum Gasteiger partial charge on any atom is 0.344 e. The molecule has 0 radical (unpaired) electrons. The Labute approximate surface area is 190 Å². The number of nitrogens with one attached hydrogen (secondary N) is 2. The molecule has 0 saturated carbocycles. The summed E-state index contributed by atoms with van der Waals surface area (Å²) in [5.41, 5.74) is 1.10. The minimum Gasteiger partial charge on any atom is -0.492 e. The molecular weight excluding hydrogens is 428 g/mol. The van der Waals surface area contributed by atoms with Gasteiger partial charge in [-0.25, -0.2) is 9.89 Å². The fourth-order valence-corrected chi connectivity index (χ4v) is 4.65. The van der Waals surface area contributed by atoms with E-state index >= 15 is 0 Å². The lowest BCUT2D eigenvalue weighted by Gasteiger charge is -2.19. The zero-order valence-electron chi connectivity index (χ0n) is 17.8. The molecule has 32 heavy (non-hydrogen) atoms. The molecule has 2 unspecified atom stereocenters. The molecule has 2 atom stereocenters. The smallest absolute Gasteiger partial charge is 0.344 e. The quantitative estimate of drug-likeness (QED) is 0.479. The number of amides is 1. The van der Waals surface area contributed by atoms with E-state index in [0.29, 0.717) is 36.4 Å². The number of nitrogens with zero attached hydrogens (tertiary/aromatic N) is 2. The third-order valence-electron chi connectivity index (χ3n) is 5.14. The van der Waals surface area contributed by atoms with Crippen molar-refractivity contribution in [3.63, 3.8) is 0 Å². The van der Waals surface area contributed by atoms with E-state index in [-0.39, 0.29) is 17.7 Å². The molecule has 3 aromatic rings. The predicted molar refractivity (Wildman–Crippen MR) is 123 cm³/mol. The molecule has 168 valence electrons. The van der Waals surface area contributed by atoms with E-state index in [2.05, 4.69) is 15.5 Å². The van der Waals surface area contributed by atoms with Gasteiger partial charge in [-0.1, -0.05) is 54.2 Å². The molecule has 1 amide bonds. The number of para-hydroxylation sites is 2. The van der Waals surface area contributed by atoms with E-state index in [0.717, 1.165) is 18.4 Å². The maximum absolute atomic E-state index is 13.4. The van der Waals surface area contributed by atoms with Crippen molar-refractivity contribution in [3.05, 3.63) is 70.6 Å². The second-order valence-corrected chi connectivity index (χ2v) is 8.46. The molecule has 1 saturated heterocycles. The molecule has 0 bridgehead atoms. The zero-order valence-corrected chi connectivity index (χ0v) is 18.6. The Kier molecular flexibility index (Phi) is 7.28. The minimum absolute atomic E-state index is 0.0216. The number of ether oxygens (including phenoxy) is 2. The fourth-order valence-electron chi connectivity index (χ4n) is 3.60. The first-order valence-electron chi connectivity index (χ1n) is 10.7. The standard InChI is InChI=1S/C23H26N4O4S/c1-2-30-19-13-7-6-12-18(19)24-21(28)20(16-9-4-3-5-10-16)32-23-26-25-22(29)27(23)15-17-11-8-14-31-17/h3-7,9-10,12-13,17,20H,2,8,11,14-15H2,1H3,(H,24,28)(H,25,29). The summed E-state index contributed by atoms with van der Waals surface area (Å²) in [6.07, 6.45) is 1.86. The Balaban J connectivity index is 1.60. The second kappa shape index (κ2) is 10.5. The topological polar surface area (TPSA) is 98.2 Å². The highest BCUT2D eigenvalue weighted by Crippen LogP contribution is 2.36. The van der Waals surface area contributed by atoms with E-state index in [1.54, 1.807) is 10.6 Å². The van der Waals surface area contributed by atoms with Gasteiger partial charge in [0.1, 0.15) is 11.0 Å². The van der Waals surface area contributed by atoms with Gasteiger partial charge in [-0.2, -0.15) is 0 Å². The molecule has 2 aromatic carbocycles. The lowest BCUT2D eigenvalue weighted by molar-refractivity contribution is -0.115. The summed E-state index contributed by atoms with van der Waals surface area (Å²) in [4.78, 5) is 25.8. The fraction of sp³-hybridized carbons (Fsp3) is 0.348. The first kappa shape index (κ1) is 22.2. The van der Waals surface area contributed by atoms with Gasteiger partial charge in [-0.3, -0.25) is 9.36 Å². The molecule has 1 aliphatic rings. The Morgan fingerprint density at radius 2 is 2.06 bits per heavy atom. The normalized spacial score (nSPS) is 16.6. The van der Waals surface area contributed by atoms with Crippen LogP contribution in [0.3, 0.4) is 0 Å². The second-order valence-electron chi connectivity index (χ2n) is 7.38. The van der Waals surface area contributed by atoms with Gasteiger partial charge in [0.2, 0.25) is 5.91 Å². The third-order valence-corrected chi connectivity index (χ3v) is 6.39. The van der Waals surface area contributed by atoms with Gasteiger partial charge in [-0.05, 0) is 37.5 Å². The lowest BCUT2D eigenvalue weighted by atomic mass is 10.1. The highest BCUT2D eigenvalue weighted by molar-refractivity contribution is 8.00. The lowest BCUT2D eigenvalue weighted by Crippen LogP contribution is -2.26. The number of aromatic amines is 1. The van der Waals surface area contributed by atoms with Crippen molar-refractivity contribution in [3.8, 4) is 5.75 Å². The molecule has 1 fully saturated rings. The summed E-state index contributed by atoms with van der Waals surface area (Å²) in [7, 11) is 0. The van der Waals surface area contributed by atoms with Gasteiger partial charge in [0.15, 0.2) is 5.16 Å². The Morgan fingerprint density at radius 1 is 1.28 bits per heavy atom. The predicted octanol–water partition coefficient (Wildman–Crippen LogP) is 3.62. The summed E-state index contributed by atoms with van der Waals surface area (Å²) in [6, 6.07) is 16.8. The number of hydrogen-bond donors (Lipinski definition) is 2. The largest absolute Gasteiger partial charge is 0.492 e. The van der Waals surface area contributed by atoms with E-state index in [4.69, 9.17) is 9.47 Å². The molecule has 0 aliphatic carbocycles. The Bertz CT molecular complexity index is 1090. The molecule has 9 heteroatoms. The van der Waals surface area contributed by atoms with Crippen molar-refractivity contribution in [2.75, 3.05) is 18.5 Å². The molecule has 4 rings (SSSR count). The van der Waals surface area contributed by atoms with Gasteiger partial charge < -0.3 is 14.8 Å². The van der Waals surface area contributed by atoms with Crippen molar-refractivity contribution >= 4 is 23.4 Å². The van der Waals surface area contributed by atoms with Gasteiger partial charge in [0, 0.05) is 6.61 Å². The molecule has 1 aromatic heterocycles. The van der Waals surface area contributed by atoms with Crippen molar-refractivity contribution < 1.29 is 14.3 Å². The van der Waals surface area contributed by atoms with Crippen molar-refractivity contribution in [2.45, 2.75) is 42.8 Å². The summed E-state index contributed by atoms with van der Waals surface area (Å²) >= 11 is 1.23. The number of anilines is 1. The number of aromatic nitrogens is 3. The minimum atomic E-state index is -0.621. The first-order chi connectivity index (χ1) is 15.7. The zero-order chi connectivity index (χ0) is 22.3. The molecule has 2 N–H and O–H groups in total. The average molecular weight is 455 g/mol. The summed E-state index contributed by atoms with van der Waals surface area (Å²) in [5, 5.41) is 9.51. The number of carbonyl (C=O) groups excluding carboxylic acids is 1. The van der Waals surface area contributed by atoms with E-state index in [1.165, 1.54) is 11.8 Å². The number of rotatable bonds is 9. The summed E-state index contributed by atoms with van der Waals surface area (Å²) < 4.78 is 12.9. The van der Waals surface area contributed by atoms with E-state index in [1.807, 2.05) is 55.5 Å². The van der Waals surface area contributed by atoms with Gasteiger partial charge in [0.05, 0.1) is 24.9 Å². The molecular formula is C23H26N4O4S. The Morgan fingerprint density at radius 3 is 2.81 bits per heavy atom. The molecule has 2 heterocycles. The maximum atomic E-state index is 13.4. The van der Waals surface area contributed by atoms with Crippen LogP contribution in [0.1, 0.15) is 30.6 Å². The van der Waals surface area contributed by atoms with Crippen LogP contribution >= 0.6 is 11.8 Å². The van der Waals surface area contributed by atoms with Crippen LogP contribution in [-0.4, -0.2) is 40.0 Å². The highest BCUT2D eigenvalue weighted by Gasteiger charge is 2.27. The molecule has 8 nitrogen and oxygen atoms in total. The number of H-pyrrole nitrogens is 1. The summed E-state index contributed by atoms with van der Waals surface area (Å²) in [5.74, 6) is 0.377. The number of benzene rings is 2. The third kappa shape index (κ3) is 5.23. The number of hydrogen-bond acceptors (Lipinski definition) is 6. The van der Waals surface area contributed by atoms with Gasteiger partial charge >= 0.3 is 5.69 Å². The van der Waals surface area contributed by atoms with Crippen LogP contribution in [0.15, 0.2) is 64.5 Å². The number of thioether (sulfide) groups is 1. The molecule has 0 spiro atoms.